The Morgan fingerprint density at radius 3 is 2.37 bits per heavy atom. The highest BCUT2D eigenvalue weighted by Gasteiger charge is 2.61. The maximum Gasteiger partial charge on any atom is 0.461 e. The van der Waals surface area contributed by atoms with E-state index in [0.29, 0.717) is 5.56 Å². The Hall–Kier alpha value is -1.70. The summed E-state index contributed by atoms with van der Waals surface area (Å²) in [4.78, 5) is 3.43. The quantitative estimate of drug-likeness (QED) is 0.859. The van der Waals surface area contributed by atoms with Gasteiger partial charge < -0.3 is 10.3 Å². The van der Waals surface area contributed by atoms with Gasteiger partial charge in [0.2, 0.25) is 0 Å². The van der Waals surface area contributed by atoms with Gasteiger partial charge in [-0.25, -0.2) is 4.98 Å². The standard InChI is InChI=1S/C11H10F5N3/c1-19-7-4-2-3-6(5-17)8(7)18-9(19)10(12,13)11(14,15)16/h2-4H,5,17H2,1H3. The third-order valence-electron chi connectivity index (χ3n) is 2.85. The lowest BCUT2D eigenvalue weighted by Gasteiger charge is -2.18. The van der Waals surface area contributed by atoms with Crippen LogP contribution in [0.2, 0.25) is 0 Å². The predicted molar refractivity (Wildman–Crippen MR) is 58.6 cm³/mol. The van der Waals surface area contributed by atoms with Gasteiger partial charge in [-0.3, -0.25) is 0 Å². The number of alkyl halides is 5. The van der Waals surface area contributed by atoms with Gasteiger partial charge >= 0.3 is 12.1 Å². The lowest BCUT2D eigenvalue weighted by atomic mass is 10.2. The first-order chi connectivity index (χ1) is 8.70. The second-order valence-electron chi connectivity index (χ2n) is 4.06. The number of aromatic nitrogens is 2. The summed E-state index contributed by atoms with van der Waals surface area (Å²) in [7, 11) is 1.12. The van der Waals surface area contributed by atoms with Crippen LogP contribution in [0.25, 0.3) is 11.0 Å². The molecule has 19 heavy (non-hydrogen) atoms. The summed E-state index contributed by atoms with van der Waals surface area (Å²) in [6.45, 7) is 0.00534. The Balaban J connectivity index is 2.73. The number of nitrogens with two attached hydrogens (primary N) is 1. The van der Waals surface area contributed by atoms with Crippen molar-refractivity contribution in [3.05, 3.63) is 29.6 Å². The molecule has 104 valence electrons. The van der Waals surface area contributed by atoms with Gasteiger partial charge in [0.05, 0.1) is 11.0 Å². The number of halogens is 5. The first kappa shape index (κ1) is 13.7. The van der Waals surface area contributed by atoms with Crippen LogP contribution in [0.4, 0.5) is 22.0 Å². The first-order valence-electron chi connectivity index (χ1n) is 5.29. The molecule has 1 aromatic heterocycles. The molecule has 0 bridgehead atoms. The van der Waals surface area contributed by atoms with Gasteiger partial charge in [0.25, 0.3) is 0 Å². The summed E-state index contributed by atoms with van der Waals surface area (Å²) in [6.07, 6.45) is -5.69. The van der Waals surface area contributed by atoms with E-state index in [2.05, 4.69) is 4.98 Å². The number of aryl methyl sites for hydroxylation is 1. The van der Waals surface area contributed by atoms with Crippen molar-refractivity contribution >= 4 is 11.0 Å². The van der Waals surface area contributed by atoms with Crippen LogP contribution in [0.5, 0.6) is 0 Å². The molecule has 0 amide bonds. The minimum atomic E-state index is -5.69. The van der Waals surface area contributed by atoms with Crippen molar-refractivity contribution in [1.29, 1.82) is 0 Å². The molecule has 0 saturated heterocycles. The highest BCUT2D eigenvalue weighted by atomic mass is 19.4. The summed E-state index contributed by atoms with van der Waals surface area (Å²) in [5.74, 6) is -6.34. The lowest BCUT2D eigenvalue weighted by molar-refractivity contribution is -0.293. The van der Waals surface area contributed by atoms with E-state index in [1.54, 1.807) is 0 Å². The number of hydrogen-bond acceptors (Lipinski definition) is 2. The summed E-state index contributed by atoms with van der Waals surface area (Å²) in [5, 5.41) is 0. The molecule has 1 aromatic carbocycles. The first-order valence-corrected chi connectivity index (χ1v) is 5.29. The SMILES string of the molecule is Cn1c(C(F)(F)C(F)(F)F)nc2c(CN)cccc21. The number of para-hydroxylation sites is 1. The van der Waals surface area contributed by atoms with Crippen molar-refractivity contribution in [2.45, 2.75) is 18.6 Å². The minimum Gasteiger partial charge on any atom is -0.326 e. The number of nitrogens with zero attached hydrogens (tertiary/aromatic N) is 2. The fourth-order valence-corrected chi connectivity index (χ4v) is 1.84. The van der Waals surface area contributed by atoms with Crippen LogP contribution in [0.3, 0.4) is 0 Å². The van der Waals surface area contributed by atoms with E-state index < -0.39 is 17.9 Å². The van der Waals surface area contributed by atoms with E-state index in [-0.39, 0.29) is 17.6 Å². The molecule has 0 saturated carbocycles. The zero-order valence-corrected chi connectivity index (χ0v) is 9.80. The summed E-state index contributed by atoms with van der Waals surface area (Å²) in [6, 6.07) is 4.48. The third kappa shape index (κ3) is 1.95. The van der Waals surface area contributed by atoms with E-state index in [9.17, 15) is 22.0 Å². The second-order valence-corrected chi connectivity index (χ2v) is 4.06. The van der Waals surface area contributed by atoms with Crippen LogP contribution in [-0.4, -0.2) is 15.7 Å². The second kappa shape index (κ2) is 4.16. The monoisotopic (exact) mass is 279 g/mol. The Bertz CT molecular complexity index is 615. The lowest BCUT2D eigenvalue weighted by Crippen LogP contribution is -2.36. The van der Waals surface area contributed by atoms with E-state index in [1.165, 1.54) is 18.2 Å². The van der Waals surface area contributed by atoms with Gasteiger partial charge in [-0.1, -0.05) is 12.1 Å². The van der Waals surface area contributed by atoms with Gasteiger partial charge in [0.1, 0.15) is 0 Å². The number of hydrogen-bond donors (Lipinski definition) is 1. The maximum absolute atomic E-state index is 13.4. The van der Waals surface area contributed by atoms with Gasteiger partial charge in [-0.15, -0.1) is 0 Å². The molecule has 0 aliphatic heterocycles. The molecule has 0 atom stereocenters. The van der Waals surface area contributed by atoms with E-state index in [4.69, 9.17) is 5.73 Å². The van der Waals surface area contributed by atoms with Crippen molar-refractivity contribution in [3.8, 4) is 0 Å². The maximum atomic E-state index is 13.4. The van der Waals surface area contributed by atoms with Gasteiger partial charge in [-0.2, -0.15) is 22.0 Å². The average Bonchev–Trinajstić information content (AvgIpc) is 2.66. The van der Waals surface area contributed by atoms with Crippen LogP contribution < -0.4 is 5.73 Å². The summed E-state index contributed by atoms with van der Waals surface area (Å²) < 4.78 is 64.6. The van der Waals surface area contributed by atoms with E-state index in [1.807, 2.05) is 0 Å². The molecular formula is C11H10F5N3. The molecule has 2 N–H and O–H groups in total. The van der Waals surface area contributed by atoms with Crippen molar-refractivity contribution in [1.82, 2.24) is 9.55 Å². The van der Waals surface area contributed by atoms with Crippen molar-refractivity contribution < 1.29 is 22.0 Å². The summed E-state index contributed by atoms with van der Waals surface area (Å²) >= 11 is 0. The number of benzene rings is 1. The van der Waals surface area contributed by atoms with E-state index >= 15 is 0 Å². The normalized spacial score (nSPS) is 13.2. The Labute approximate surface area is 104 Å². The molecule has 0 radical (unpaired) electrons. The largest absolute Gasteiger partial charge is 0.461 e. The Morgan fingerprint density at radius 1 is 1.21 bits per heavy atom. The predicted octanol–water partition coefficient (Wildman–Crippen LogP) is 2.69. The van der Waals surface area contributed by atoms with Gasteiger partial charge in [0.15, 0.2) is 5.82 Å². The van der Waals surface area contributed by atoms with Crippen LogP contribution >= 0.6 is 0 Å². The highest BCUT2D eigenvalue weighted by molar-refractivity contribution is 5.79. The Kier molecular flexibility index (Phi) is 3.00. The molecule has 0 spiro atoms. The van der Waals surface area contributed by atoms with Gasteiger partial charge in [0, 0.05) is 13.6 Å². The van der Waals surface area contributed by atoms with Crippen LogP contribution in [0.1, 0.15) is 11.4 Å². The summed E-state index contributed by atoms with van der Waals surface area (Å²) in [5.41, 5.74) is 6.07. The zero-order valence-electron chi connectivity index (χ0n) is 9.80. The fraction of sp³-hybridized carbons (Fsp3) is 0.364. The van der Waals surface area contributed by atoms with Crippen LogP contribution in [0.15, 0.2) is 18.2 Å². The van der Waals surface area contributed by atoms with E-state index in [0.717, 1.165) is 11.6 Å². The number of rotatable bonds is 2. The van der Waals surface area contributed by atoms with Gasteiger partial charge in [-0.05, 0) is 11.6 Å². The molecule has 1 heterocycles. The zero-order chi connectivity index (χ0) is 14.4. The molecule has 0 unspecified atom stereocenters. The molecule has 2 rings (SSSR count). The number of imidazole rings is 1. The van der Waals surface area contributed by atoms with Crippen molar-refractivity contribution in [2.75, 3.05) is 0 Å². The molecule has 0 fully saturated rings. The molecule has 0 aliphatic rings. The number of fused-ring (bicyclic) bond motifs is 1. The minimum absolute atomic E-state index is 0.00534. The topological polar surface area (TPSA) is 43.8 Å². The van der Waals surface area contributed by atoms with Crippen LogP contribution in [-0.2, 0) is 19.5 Å². The molecule has 3 nitrogen and oxygen atoms in total. The third-order valence-corrected chi connectivity index (χ3v) is 2.85. The fourth-order valence-electron chi connectivity index (χ4n) is 1.84. The van der Waals surface area contributed by atoms with Crippen molar-refractivity contribution in [3.63, 3.8) is 0 Å². The molecule has 2 aromatic rings. The molecule has 0 aliphatic carbocycles. The Morgan fingerprint density at radius 2 is 1.84 bits per heavy atom. The average molecular weight is 279 g/mol. The smallest absolute Gasteiger partial charge is 0.326 e. The van der Waals surface area contributed by atoms with Crippen molar-refractivity contribution in [2.24, 2.45) is 12.8 Å². The molecule has 8 heteroatoms. The van der Waals surface area contributed by atoms with Crippen LogP contribution in [0, 0.1) is 0 Å². The highest BCUT2D eigenvalue weighted by Crippen LogP contribution is 2.44. The molecular weight excluding hydrogens is 269 g/mol.